The van der Waals surface area contributed by atoms with Gasteiger partial charge in [0.25, 0.3) is 0 Å². The molecule has 0 aliphatic heterocycles. The van der Waals surface area contributed by atoms with Crippen LogP contribution in [0.1, 0.15) is 43.7 Å². The Labute approximate surface area is 156 Å². The third-order valence-corrected chi connectivity index (χ3v) is 3.33. The van der Waals surface area contributed by atoms with Crippen molar-refractivity contribution in [2.45, 2.75) is 32.9 Å². The predicted molar refractivity (Wildman–Crippen MR) is 109 cm³/mol. The van der Waals surface area contributed by atoms with E-state index < -0.39 is 0 Å². The highest BCUT2D eigenvalue weighted by molar-refractivity contribution is 7.98. The first-order chi connectivity index (χ1) is 12.1. The number of nitrogens with zero attached hydrogens (tertiary/aromatic N) is 3. The maximum atomic E-state index is 12.8. The zero-order valence-corrected chi connectivity index (χ0v) is 17.1. The van der Waals surface area contributed by atoms with Crippen LogP contribution in [0.3, 0.4) is 0 Å². The topological polar surface area (TPSA) is 46.1 Å². The molecule has 0 amide bonds. The molecule has 2 aromatic rings. The number of hydrogen-bond donors (Lipinski definition) is 0. The second-order valence-electron chi connectivity index (χ2n) is 4.63. The summed E-state index contributed by atoms with van der Waals surface area (Å²) in [5.74, 6) is -0.104. The molecule has 0 aliphatic carbocycles. The summed E-state index contributed by atoms with van der Waals surface area (Å²) in [6.45, 7) is 8.00. The van der Waals surface area contributed by atoms with Crippen molar-refractivity contribution >= 4 is 23.1 Å². The van der Waals surface area contributed by atoms with Crippen LogP contribution in [0.4, 0.5) is 0 Å². The van der Waals surface area contributed by atoms with E-state index in [4.69, 9.17) is 0 Å². The molecule has 0 saturated carbocycles. The van der Waals surface area contributed by atoms with E-state index in [0.717, 1.165) is 5.56 Å². The summed E-state index contributed by atoms with van der Waals surface area (Å²) in [6, 6.07) is 11.2. The lowest BCUT2D eigenvalue weighted by atomic mass is 10.0. The van der Waals surface area contributed by atoms with E-state index in [2.05, 4.69) is 9.97 Å². The van der Waals surface area contributed by atoms with Crippen LogP contribution in [0.25, 0.3) is 5.57 Å². The van der Waals surface area contributed by atoms with Gasteiger partial charge in [0.05, 0.1) is 0 Å². The predicted octanol–water partition coefficient (Wildman–Crippen LogP) is 5.04. The average molecular weight is 360 g/mol. The monoisotopic (exact) mass is 359 g/mol. The van der Waals surface area contributed by atoms with Gasteiger partial charge in [0.2, 0.25) is 5.78 Å². The summed E-state index contributed by atoms with van der Waals surface area (Å²) >= 11 is 1.42. The molecule has 0 spiro atoms. The van der Waals surface area contributed by atoms with E-state index in [1.54, 1.807) is 12.3 Å². The van der Waals surface area contributed by atoms with Crippen LogP contribution < -0.4 is 0 Å². The maximum absolute atomic E-state index is 12.8. The highest BCUT2D eigenvalue weighted by atomic mass is 32.2. The van der Waals surface area contributed by atoms with Crippen molar-refractivity contribution in [3.8, 4) is 0 Å². The number of rotatable bonds is 5. The Morgan fingerprint density at radius 1 is 1.04 bits per heavy atom. The minimum absolute atomic E-state index is 0.104. The number of hydrogen-bond acceptors (Lipinski definition) is 5. The molecule has 1 aromatic carbocycles. The molecule has 2 rings (SSSR count). The van der Waals surface area contributed by atoms with Gasteiger partial charge < -0.3 is 4.90 Å². The van der Waals surface area contributed by atoms with E-state index in [-0.39, 0.29) is 5.78 Å². The van der Waals surface area contributed by atoms with Crippen LogP contribution in [0, 0.1) is 0 Å². The van der Waals surface area contributed by atoms with Gasteiger partial charge in [-0.25, -0.2) is 9.97 Å². The van der Waals surface area contributed by atoms with Crippen molar-refractivity contribution in [3.05, 3.63) is 60.1 Å². The first-order valence-electron chi connectivity index (χ1n) is 8.47. The zero-order valence-electron chi connectivity index (χ0n) is 16.3. The number of thioether (sulfide) groups is 1. The van der Waals surface area contributed by atoms with Crippen molar-refractivity contribution in [3.63, 3.8) is 0 Å². The minimum atomic E-state index is -0.104. The Morgan fingerprint density at radius 2 is 1.64 bits per heavy atom. The van der Waals surface area contributed by atoms with Gasteiger partial charge in [-0.05, 0) is 17.9 Å². The van der Waals surface area contributed by atoms with E-state index in [1.165, 1.54) is 11.8 Å². The fraction of sp³-hybridized carbons (Fsp3) is 0.350. The van der Waals surface area contributed by atoms with Gasteiger partial charge in [-0.1, -0.05) is 69.8 Å². The lowest BCUT2D eigenvalue weighted by Crippen LogP contribution is -2.11. The summed E-state index contributed by atoms with van der Waals surface area (Å²) in [5.41, 5.74) is 1.90. The van der Waals surface area contributed by atoms with E-state index >= 15 is 0 Å². The van der Waals surface area contributed by atoms with Gasteiger partial charge in [-0.2, -0.15) is 0 Å². The lowest BCUT2D eigenvalue weighted by Gasteiger charge is -2.11. The van der Waals surface area contributed by atoms with Crippen LogP contribution in [-0.2, 0) is 0 Å². The lowest BCUT2D eigenvalue weighted by molar-refractivity contribution is 0.105. The van der Waals surface area contributed by atoms with E-state index in [9.17, 15) is 4.79 Å². The van der Waals surface area contributed by atoms with Crippen LogP contribution in [-0.4, -0.2) is 41.0 Å². The molecule has 1 aromatic heterocycles. The van der Waals surface area contributed by atoms with Crippen LogP contribution in [0.2, 0.25) is 0 Å². The normalized spacial score (nSPS) is 9.96. The summed E-state index contributed by atoms with van der Waals surface area (Å²) in [6.07, 6.45) is 5.32. The zero-order chi connectivity index (χ0) is 19.2. The summed E-state index contributed by atoms with van der Waals surface area (Å²) < 4.78 is 0. The van der Waals surface area contributed by atoms with Crippen molar-refractivity contribution in [2.75, 3.05) is 20.4 Å². The molecule has 1 heterocycles. The number of carbonyl (C=O) groups excluding carboxylic acids is 1. The number of benzene rings is 1. The Kier molecular flexibility index (Phi) is 12.1. The molecule has 0 radical (unpaired) electrons. The molecule has 0 aliphatic rings. The molecule has 0 saturated heterocycles. The maximum Gasteiger partial charge on any atom is 0.213 e. The first kappa shape index (κ1) is 22.9. The van der Waals surface area contributed by atoms with Crippen molar-refractivity contribution in [1.82, 2.24) is 14.9 Å². The molecular weight excluding hydrogens is 330 g/mol. The van der Waals surface area contributed by atoms with Gasteiger partial charge in [0.15, 0.2) is 5.16 Å². The Morgan fingerprint density at radius 3 is 2.16 bits per heavy atom. The van der Waals surface area contributed by atoms with Crippen molar-refractivity contribution < 1.29 is 4.79 Å². The smallest absolute Gasteiger partial charge is 0.213 e. The molecule has 5 heteroatoms. The number of ketones is 1. The summed E-state index contributed by atoms with van der Waals surface area (Å²) in [7, 11) is 3.78. The molecule has 0 fully saturated rings. The van der Waals surface area contributed by atoms with Crippen molar-refractivity contribution in [1.29, 1.82) is 0 Å². The molecule has 0 N–H and O–H groups in total. The van der Waals surface area contributed by atoms with Gasteiger partial charge in [0.1, 0.15) is 5.69 Å². The van der Waals surface area contributed by atoms with Crippen LogP contribution >= 0.6 is 11.8 Å². The second-order valence-corrected chi connectivity index (χ2v) is 5.40. The Bertz CT molecular complexity index is 655. The number of carbonyl (C=O) groups is 1. The molecule has 4 nitrogen and oxygen atoms in total. The molecule has 136 valence electrons. The van der Waals surface area contributed by atoms with Gasteiger partial charge in [0, 0.05) is 32.1 Å². The quantitative estimate of drug-likeness (QED) is 0.324. The van der Waals surface area contributed by atoms with E-state index in [1.807, 2.05) is 89.5 Å². The Balaban J connectivity index is 0.00000134. The average Bonchev–Trinajstić information content (AvgIpc) is 2.69. The molecule has 0 bridgehead atoms. The van der Waals surface area contributed by atoms with Crippen LogP contribution in [0.5, 0.6) is 0 Å². The summed E-state index contributed by atoms with van der Waals surface area (Å²) in [4.78, 5) is 23.0. The third kappa shape index (κ3) is 7.52. The minimum Gasteiger partial charge on any atom is -0.383 e. The number of Topliss-reactive ketones (excluding diaryl/α,β-unsaturated/α-hetero) is 1. The molecule has 25 heavy (non-hydrogen) atoms. The Hall–Kier alpha value is -2.14. The van der Waals surface area contributed by atoms with E-state index in [0.29, 0.717) is 16.4 Å². The number of allylic oxidation sites excluding steroid dienone is 1. The van der Waals surface area contributed by atoms with Gasteiger partial charge in [-0.15, -0.1) is 0 Å². The third-order valence-electron chi connectivity index (χ3n) is 2.77. The fourth-order valence-corrected chi connectivity index (χ4v) is 2.20. The first-order valence-corrected chi connectivity index (χ1v) is 9.69. The highest BCUT2D eigenvalue weighted by Gasteiger charge is 2.16. The summed E-state index contributed by atoms with van der Waals surface area (Å²) in [5, 5.41) is 0.595. The molecule has 0 atom stereocenters. The molecule has 0 unspecified atom stereocenters. The fourth-order valence-electron chi connectivity index (χ4n) is 1.84. The van der Waals surface area contributed by atoms with Gasteiger partial charge in [-0.3, -0.25) is 4.79 Å². The second kappa shape index (κ2) is 13.2. The number of aromatic nitrogens is 2. The highest BCUT2D eigenvalue weighted by Crippen LogP contribution is 2.20. The largest absolute Gasteiger partial charge is 0.383 e. The van der Waals surface area contributed by atoms with Crippen molar-refractivity contribution in [2.24, 2.45) is 0 Å². The van der Waals surface area contributed by atoms with Gasteiger partial charge >= 0.3 is 0 Å². The SMILES string of the molecule is CC.CC.CSc1nccc(C(=O)/C(=C/N(C)C)c2ccccc2)n1. The standard InChI is InChI=1S/C16H17N3OS.2C2H6/c1-19(2)11-13(12-7-5-4-6-8-12)15(20)14-9-10-17-16(18-14)21-3;2*1-2/h4-11H,1-3H3;2*1-2H3/b13-11+;;. The molecular formula is C20H29N3OS. The van der Waals surface area contributed by atoms with Crippen LogP contribution in [0.15, 0.2) is 54.0 Å².